The third-order valence-electron chi connectivity index (χ3n) is 1.87. The lowest BCUT2D eigenvalue weighted by Crippen LogP contribution is -2.04. The van der Waals surface area contributed by atoms with Crippen LogP contribution in [0.15, 0.2) is 34.7 Å². The summed E-state index contributed by atoms with van der Waals surface area (Å²) in [5.41, 5.74) is 1.57. The van der Waals surface area contributed by atoms with Crippen molar-refractivity contribution in [1.82, 2.24) is 0 Å². The van der Waals surface area contributed by atoms with Gasteiger partial charge in [0.1, 0.15) is 0 Å². The van der Waals surface area contributed by atoms with Crippen LogP contribution in [0.3, 0.4) is 0 Å². The second-order valence-corrected chi connectivity index (χ2v) is 3.66. The van der Waals surface area contributed by atoms with Crippen LogP contribution in [0, 0.1) is 0 Å². The maximum Gasteiger partial charge on any atom is 0.333 e. The van der Waals surface area contributed by atoms with E-state index in [1.807, 2.05) is 24.3 Å². The Morgan fingerprint density at radius 1 is 1.40 bits per heavy atom. The molecule has 0 aromatic heterocycles. The van der Waals surface area contributed by atoms with Gasteiger partial charge in [0, 0.05) is 10.5 Å². The molecule has 0 atom stereocenters. The van der Waals surface area contributed by atoms with E-state index >= 15 is 0 Å². The van der Waals surface area contributed by atoms with Crippen LogP contribution < -0.4 is 0 Å². The van der Waals surface area contributed by atoms with Gasteiger partial charge < -0.3 is 4.74 Å². The molecule has 0 spiro atoms. The van der Waals surface area contributed by atoms with E-state index in [1.165, 1.54) is 0 Å². The molecule has 3 heteroatoms. The smallest absolute Gasteiger partial charge is 0.333 e. The summed E-state index contributed by atoms with van der Waals surface area (Å²) in [7, 11) is 0. The van der Waals surface area contributed by atoms with Crippen molar-refractivity contribution < 1.29 is 9.53 Å². The predicted molar refractivity (Wildman–Crippen MR) is 64.0 cm³/mol. The van der Waals surface area contributed by atoms with Crippen molar-refractivity contribution in [2.75, 3.05) is 6.61 Å². The zero-order valence-corrected chi connectivity index (χ0v) is 9.75. The van der Waals surface area contributed by atoms with E-state index in [1.54, 1.807) is 19.9 Å². The highest BCUT2D eigenvalue weighted by Gasteiger charge is 2.03. The summed E-state index contributed by atoms with van der Waals surface area (Å²) < 4.78 is 4.88. The summed E-state index contributed by atoms with van der Waals surface area (Å²) in [6.07, 6.45) is 1.80. The monoisotopic (exact) mass is 222 g/mol. The second kappa shape index (κ2) is 5.61. The van der Waals surface area contributed by atoms with E-state index in [0.717, 1.165) is 10.5 Å². The Kier molecular flexibility index (Phi) is 4.43. The van der Waals surface area contributed by atoms with E-state index in [2.05, 4.69) is 12.6 Å². The molecular weight excluding hydrogens is 208 g/mol. The minimum Gasteiger partial charge on any atom is -0.463 e. The summed E-state index contributed by atoms with van der Waals surface area (Å²) in [6, 6.07) is 7.58. The Morgan fingerprint density at radius 3 is 2.53 bits per heavy atom. The van der Waals surface area contributed by atoms with E-state index < -0.39 is 0 Å². The molecule has 1 aromatic carbocycles. The first kappa shape index (κ1) is 11.9. The van der Waals surface area contributed by atoms with Crippen molar-refractivity contribution in [1.29, 1.82) is 0 Å². The van der Waals surface area contributed by atoms with Gasteiger partial charge in [0.05, 0.1) is 6.61 Å². The highest BCUT2D eigenvalue weighted by Crippen LogP contribution is 2.11. The Hall–Kier alpha value is -1.22. The minimum atomic E-state index is -0.271. The maximum absolute atomic E-state index is 11.3. The van der Waals surface area contributed by atoms with Gasteiger partial charge in [-0.05, 0) is 37.6 Å². The number of ether oxygens (including phenoxy) is 1. The zero-order chi connectivity index (χ0) is 11.3. The quantitative estimate of drug-likeness (QED) is 0.483. The van der Waals surface area contributed by atoms with Crippen molar-refractivity contribution in [2.24, 2.45) is 0 Å². The first-order chi connectivity index (χ1) is 7.13. The van der Waals surface area contributed by atoms with Crippen LogP contribution in [0.4, 0.5) is 0 Å². The Balaban J connectivity index is 2.78. The molecule has 80 valence electrons. The fourth-order valence-corrected chi connectivity index (χ4v) is 1.27. The molecule has 0 unspecified atom stereocenters. The lowest BCUT2D eigenvalue weighted by Gasteiger charge is -2.01. The van der Waals surface area contributed by atoms with Crippen LogP contribution in [0.2, 0.25) is 0 Å². The molecule has 0 amide bonds. The summed E-state index contributed by atoms with van der Waals surface area (Å²) in [4.78, 5) is 12.2. The molecule has 2 nitrogen and oxygen atoms in total. The third-order valence-corrected chi connectivity index (χ3v) is 2.17. The van der Waals surface area contributed by atoms with E-state index in [9.17, 15) is 4.79 Å². The summed E-state index contributed by atoms with van der Waals surface area (Å²) in [5.74, 6) is -0.271. The van der Waals surface area contributed by atoms with Crippen LogP contribution in [-0.2, 0) is 9.53 Å². The van der Waals surface area contributed by atoms with Crippen LogP contribution in [0.5, 0.6) is 0 Å². The van der Waals surface area contributed by atoms with Gasteiger partial charge in [-0.3, -0.25) is 0 Å². The van der Waals surface area contributed by atoms with Crippen molar-refractivity contribution in [3.05, 3.63) is 35.4 Å². The van der Waals surface area contributed by atoms with Crippen molar-refractivity contribution in [2.45, 2.75) is 18.7 Å². The number of benzene rings is 1. The van der Waals surface area contributed by atoms with Crippen LogP contribution in [-0.4, -0.2) is 12.6 Å². The molecule has 0 saturated heterocycles. The van der Waals surface area contributed by atoms with Crippen LogP contribution in [0.1, 0.15) is 19.4 Å². The lowest BCUT2D eigenvalue weighted by molar-refractivity contribution is -0.138. The highest BCUT2D eigenvalue weighted by molar-refractivity contribution is 7.80. The summed E-state index contributed by atoms with van der Waals surface area (Å²) >= 11 is 4.18. The van der Waals surface area contributed by atoms with Gasteiger partial charge in [0.15, 0.2) is 0 Å². The topological polar surface area (TPSA) is 26.3 Å². The fraction of sp³-hybridized carbons (Fsp3) is 0.250. The van der Waals surface area contributed by atoms with E-state index in [-0.39, 0.29) is 5.97 Å². The maximum atomic E-state index is 11.3. The van der Waals surface area contributed by atoms with Gasteiger partial charge in [-0.25, -0.2) is 4.79 Å². The van der Waals surface area contributed by atoms with Gasteiger partial charge in [-0.15, -0.1) is 12.6 Å². The van der Waals surface area contributed by atoms with E-state index in [0.29, 0.717) is 12.2 Å². The lowest BCUT2D eigenvalue weighted by atomic mass is 10.1. The Bertz CT molecular complexity index is 366. The fourth-order valence-electron chi connectivity index (χ4n) is 1.12. The average molecular weight is 222 g/mol. The normalized spacial score (nSPS) is 11.3. The van der Waals surface area contributed by atoms with Gasteiger partial charge in [0.2, 0.25) is 0 Å². The molecule has 1 aromatic rings. The van der Waals surface area contributed by atoms with Gasteiger partial charge in [-0.2, -0.15) is 0 Å². The molecule has 0 N–H and O–H groups in total. The number of hydrogen-bond acceptors (Lipinski definition) is 3. The number of hydrogen-bond donors (Lipinski definition) is 1. The number of rotatable bonds is 3. The van der Waals surface area contributed by atoms with Crippen molar-refractivity contribution in [3.63, 3.8) is 0 Å². The Labute approximate surface area is 95.4 Å². The molecule has 0 saturated carbocycles. The molecule has 0 radical (unpaired) electrons. The first-order valence-corrected chi connectivity index (χ1v) is 5.22. The number of carbonyl (C=O) groups excluding carboxylic acids is 1. The van der Waals surface area contributed by atoms with Crippen LogP contribution >= 0.6 is 12.6 Å². The summed E-state index contributed by atoms with van der Waals surface area (Å²) in [5, 5.41) is 0. The van der Waals surface area contributed by atoms with Crippen molar-refractivity contribution >= 4 is 24.7 Å². The third kappa shape index (κ3) is 3.80. The minimum absolute atomic E-state index is 0.271. The zero-order valence-electron chi connectivity index (χ0n) is 8.86. The van der Waals surface area contributed by atoms with Crippen LogP contribution in [0.25, 0.3) is 6.08 Å². The van der Waals surface area contributed by atoms with Gasteiger partial charge in [0.25, 0.3) is 0 Å². The standard InChI is InChI=1S/C12H14O2S/c1-3-14-12(13)9(2)8-10-4-6-11(15)7-5-10/h4-8,15H,3H2,1-2H3/b9-8+. The predicted octanol–water partition coefficient (Wildman–Crippen LogP) is 2.94. The largest absolute Gasteiger partial charge is 0.463 e. The highest BCUT2D eigenvalue weighted by atomic mass is 32.1. The summed E-state index contributed by atoms with van der Waals surface area (Å²) in [6.45, 7) is 3.94. The SMILES string of the molecule is CCOC(=O)/C(C)=C/c1ccc(S)cc1. The molecular formula is C12H14O2S. The molecule has 0 heterocycles. The molecule has 0 bridgehead atoms. The van der Waals surface area contributed by atoms with E-state index in [4.69, 9.17) is 4.74 Å². The first-order valence-electron chi connectivity index (χ1n) is 4.78. The molecule has 0 fully saturated rings. The van der Waals surface area contributed by atoms with Gasteiger partial charge in [-0.1, -0.05) is 12.1 Å². The molecule has 15 heavy (non-hydrogen) atoms. The molecule has 0 aliphatic heterocycles. The number of thiol groups is 1. The van der Waals surface area contributed by atoms with Gasteiger partial charge >= 0.3 is 5.97 Å². The van der Waals surface area contributed by atoms with Crippen molar-refractivity contribution in [3.8, 4) is 0 Å². The second-order valence-electron chi connectivity index (χ2n) is 3.14. The average Bonchev–Trinajstić information content (AvgIpc) is 2.22. The number of carbonyl (C=O) groups is 1. The molecule has 0 aliphatic carbocycles. The number of esters is 1. The Morgan fingerprint density at radius 2 is 2.00 bits per heavy atom. The molecule has 1 rings (SSSR count). The molecule has 0 aliphatic rings.